The van der Waals surface area contributed by atoms with Crippen molar-refractivity contribution in [2.24, 2.45) is 0 Å². The molecule has 0 fully saturated rings. The summed E-state index contributed by atoms with van der Waals surface area (Å²) in [4.78, 5) is 31.2. The second-order valence-corrected chi connectivity index (χ2v) is 12.3. The van der Waals surface area contributed by atoms with E-state index in [2.05, 4.69) is 15.0 Å². The molecule has 1 aromatic heterocycles. The molecule has 3 rings (SSSR count). The highest BCUT2D eigenvalue weighted by molar-refractivity contribution is 7.91. The summed E-state index contributed by atoms with van der Waals surface area (Å²) in [6.45, 7) is 7.04. The summed E-state index contributed by atoms with van der Waals surface area (Å²) in [5, 5.41) is 2.88. The van der Waals surface area contributed by atoms with Crippen LogP contribution in [0.25, 0.3) is 11.1 Å². The van der Waals surface area contributed by atoms with Crippen LogP contribution >= 0.6 is 11.3 Å². The van der Waals surface area contributed by atoms with Crippen molar-refractivity contribution in [1.82, 2.24) is 15.0 Å². The number of nitrogens with zero attached hydrogens (tertiary/aromatic N) is 2. The van der Waals surface area contributed by atoms with Crippen molar-refractivity contribution >= 4 is 38.5 Å². The Morgan fingerprint density at radius 3 is 2.24 bits per heavy atom. The number of anilines is 1. The molecule has 1 heterocycles. The third kappa shape index (κ3) is 7.85. The number of hydrogen-bond donors (Lipinski definition) is 2. The number of thiazole rings is 1. The minimum Gasteiger partial charge on any atom is -0.444 e. The summed E-state index contributed by atoms with van der Waals surface area (Å²) in [7, 11) is -2.41. The van der Waals surface area contributed by atoms with Crippen molar-refractivity contribution < 1.29 is 22.7 Å². The Balaban J connectivity index is 1.80. The first-order valence-corrected chi connectivity index (χ1v) is 14.0. The first-order valence-electron chi connectivity index (χ1n) is 11.7. The lowest BCUT2D eigenvalue weighted by atomic mass is 10.0. The molecule has 0 aliphatic carbocycles. The molecule has 37 heavy (non-hydrogen) atoms. The van der Waals surface area contributed by atoms with Crippen LogP contribution < -0.4 is 14.9 Å². The average molecular weight is 545 g/mol. The number of benzene rings is 2. The molecule has 0 spiro atoms. The quantitative estimate of drug-likeness (QED) is 0.418. The average Bonchev–Trinajstić information content (AvgIpc) is 3.23. The van der Waals surface area contributed by atoms with Gasteiger partial charge in [0.2, 0.25) is 5.91 Å². The number of carbonyl (C=O) groups is 2. The number of rotatable bonds is 9. The Morgan fingerprint density at radius 1 is 1.03 bits per heavy atom. The molecule has 2 N–H and O–H groups in total. The smallest absolute Gasteiger partial charge is 0.407 e. The van der Waals surface area contributed by atoms with Crippen molar-refractivity contribution in [2.75, 3.05) is 25.0 Å². The number of aromatic nitrogens is 1. The molecule has 9 nitrogen and oxygen atoms in total. The maximum atomic E-state index is 13.4. The number of hydrogen-bond acceptors (Lipinski definition) is 7. The van der Waals surface area contributed by atoms with E-state index < -0.39 is 21.7 Å². The predicted molar refractivity (Wildman–Crippen MR) is 145 cm³/mol. The second-order valence-electron chi connectivity index (χ2n) is 9.29. The van der Waals surface area contributed by atoms with Gasteiger partial charge in [0, 0.05) is 13.1 Å². The normalized spacial score (nSPS) is 11.7. The highest BCUT2D eigenvalue weighted by Crippen LogP contribution is 2.30. The van der Waals surface area contributed by atoms with Gasteiger partial charge in [-0.15, -0.1) is 0 Å². The Kier molecular flexibility index (Phi) is 9.06. The van der Waals surface area contributed by atoms with Gasteiger partial charge in [0.05, 0.1) is 12.1 Å². The van der Waals surface area contributed by atoms with Crippen LogP contribution in [-0.4, -0.2) is 51.1 Å². The van der Waals surface area contributed by atoms with Crippen molar-refractivity contribution in [3.8, 4) is 11.1 Å². The molecule has 11 heteroatoms. The zero-order valence-corrected chi connectivity index (χ0v) is 23.2. The van der Waals surface area contributed by atoms with Gasteiger partial charge in [0.15, 0.2) is 9.34 Å². The van der Waals surface area contributed by atoms with E-state index >= 15 is 0 Å². The molecule has 2 aromatic carbocycles. The van der Waals surface area contributed by atoms with E-state index in [9.17, 15) is 18.0 Å². The zero-order valence-electron chi connectivity index (χ0n) is 21.6. The number of amides is 2. The minimum atomic E-state index is -3.73. The number of alkyl carbamates (subject to hydrolysis) is 1. The van der Waals surface area contributed by atoms with Gasteiger partial charge in [0.1, 0.15) is 5.60 Å². The fourth-order valence-electron chi connectivity index (χ4n) is 3.45. The second kappa shape index (κ2) is 11.8. The maximum Gasteiger partial charge on any atom is 0.407 e. The molecule has 3 aromatic rings. The van der Waals surface area contributed by atoms with E-state index in [1.165, 1.54) is 11.9 Å². The molecule has 0 saturated heterocycles. The van der Waals surface area contributed by atoms with E-state index in [1.807, 2.05) is 54.6 Å². The van der Waals surface area contributed by atoms with Crippen LogP contribution in [0.15, 0.2) is 58.8 Å². The number of aryl methyl sites for hydroxylation is 1. The van der Waals surface area contributed by atoms with Gasteiger partial charge in [0.25, 0.3) is 10.0 Å². The van der Waals surface area contributed by atoms with Crippen LogP contribution in [0.3, 0.4) is 0 Å². The van der Waals surface area contributed by atoms with Gasteiger partial charge < -0.3 is 10.1 Å². The highest BCUT2D eigenvalue weighted by atomic mass is 32.2. The lowest BCUT2D eigenvalue weighted by Gasteiger charge is -2.22. The monoisotopic (exact) mass is 544 g/mol. The zero-order chi connectivity index (χ0) is 27.2. The van der Waals surface area contributed by atoms with Gasteiger partial charge in [-0.05, 0) is 51.4 Å². The summed E-state index contributed by atoms with van der Waals surface area (Å²) >= 11 is 0.906. The van der Waals surface area contributed by atoms with Crippen molar-refractivity contribution in [3.63, 3.8) is 0 Å². The minimum absolute atomic E-state index is 0.0371. The molecular weight excluding hydrogens is 512 g/mol. The van der Waals surface area contributed by atoms with E-state index in [1.54, 1.807) is 27.7 Å². The molecule has 0 saturated carbocycles. The van der Waals surface area contributed by atoms with E-state index in [4.69, 9.17) is 4.74 Å². The lowest BCUT2D eigenvalue weighted by Crippen LogP contribution is -2.41. The number of carbonyl (C=O) groups excluding carboxylic acids is 2. The summed E-state index contributed by atoms with van der Waals surface area (Å²) < 4.78 is 32.4. The number of nitrogens with one attached hydrogen (secondary N) is 2. The summed E-state index contributed by atoms with van der Waals surface area (Å²) in [5.74, 6) is -0.277. The SMILES string of the molecule is CNS(=O)(=O)c1sc(N(CCNC(=O)OC(C)(C)C)C(=O)Cc2ccc(-c3ccccc3)cc2)nc1C. The third-order valence-corrected chi connectivity index (χ3v) is 8.41. The van der Waals surface area contributed by atoms with Crippen LogP contribution in [0.1, 0.15) is 32.0 Å². The summed E-state index contributed by atoms with van der Waals surface area (Å²) in [6, 6.07) is 17.6. The standard InChI is InChI=1S/C26H32N4O5S2/c1-18-23(37(33,34)27-5)36-24(29-18)30(16-15-28-25(32)35-26(2,3)4)22(31)17-19-11-13-21(14-12-19)20-9-7-6-8-10-20/h6-14,27H,15-17H2,1-5H3,(H,28,32). The van der Waals surface area contributed by atoms with Crippen molar-refractivity contribution in [2.45, 2.75) is 43.9 Å². The molecule has 0 bridgehead atoms. The number of ether oxygens (including phenoxy) is 1. The van der Waals surface area contributed by atoms with Gasteiger partial charge in [-0.2, -0.15) is 0 Å². The lowest BCUT2D eigenvalue weighted by molar-refractivity contribution is -0.118. The summed E-state index contributed by atoms with van der Waals surface area (Å²) in [6.07, 6.45) is -0.529. The van der Waals surface area contributed by atoms with Crippen LogP contribution in [0, 0.1) is 6.92 Å². The van der Waals surface area contributed by atoms with Crippen LogP contribution in [0.4, 0.5) is 9.93 Å². The van der Waals surface area contributed by atoms with E-state index in [0.29, 0.717) is 5.69 Å². The Labute approximate surface area is 221 Å². The largest absolute Gasteiger partial charge is 0.444 e. The van der Waals surface area contributed by atoms with Gasteiger partial charge in [-0.1, -0.05) is 65.9 Å². The molecule has 0 aliphatic heterocycles. The fourth-order valence-corrected chi connectivity index (χ4v) is 5.83. The molecular formula is C26H32N4O5S2. The first kappa shape index (κ1) is 28.3. The van der Waals surface area contributed by atoms with Crippen molar-refractivity contribution in [3.05, 3.63) is 65.9 Å². The molecule has 0 atom stereocenters. The van der Waals surface area contributed by atoms with Gasteiger partial charge >= 0.3 is 6.09 Å². The summed E-state index contributed by atoms with van der Waals surface area (Å²) in [5.41, 5.74) is 2.54. The Morgan fingerprint density at radius 2 is 1.65 bits per heavy atom. The molecule has 198 valence electrons. The van der Waals surface area contributed by atoms with Crippen LogP contribution in [0.5, 0.6) is 0 Å². The van der Waals surface area contributed by atoms with Gasteiger partial charge in [-0.3, -0.25) is 9.69 Å². The highest BCUT2D eigenvalue weighted by Gasteiger charge is 2.26. The third-order valence-electron chi connectivity index (χ3n) is 5.21. The fraction of sp³-hybridized carbons (Fsp3) is 0.346. The Bertz CT molecular complexity index is 1330. The number of sulfonamides is 1. The van der Waals surface area contributed by atoms with Crippen LogP contribution in [0.2, 0.25) is 0 Å². The van der Waals surface area contributed by atoms with Crippen LogP contribution in [-0.2, 0) is 26.0 Å². The van der Waals surface area contributed by atoms with Crippen molar-refractivity contribution in [1.29, 1.82) is 0 Å². The first-order chi connectivity index (χ1) is 17.4. The molecule has 0 radical (unpaired) electrons. The van der Waals surface area contributed by atoms with Gasteiger partial charge in [-0.25, -0.2) is 22.9 Å². The maximum absolute atomic E-state index is 13.4. The van der Waals surface area contributed by atoms with E-state index in [0.717, 1.165) is 28.0 Å². The Hall–Kier alpha value is -3.28. The molecule has 0 aliphatic rings. The van der Waals surface area contributed by atoms with E-state index in [-0.39, 0.29) is 34.8 Å². The molecule has 2 amide bonds. The topological polar surface area (TPSA) is 118 Å². The predicted octanol–water partition coefficient (Wildman–Crippen LogP) is 4.13. The molecule has 0 unspecified atom stereocenters.